The minimum atomic E-state index is -0.552. The Morgan fingerprint density at radius 1 is 0.893 bits per heavy atom. The van der Waals surface area contributed by atoms with Crippen molar-refractivity contribution < 1.29 is 23.9 Å². The standard InChI is InChI=1S/C22H25NO5/c1-14(2)15(3)23-21(25)13-27-22(26)19-7-5-17(6-8-19)18-9-11-20(12-10-18)28-16(4)24/h5-12,14-15H,13H2,1-4H3,(H,23,25)/t15-/m0/s1. The molecule has 6 nitrogen and oxygen atoms in total. The molecule has 0 saturated heterocycles. The molecule has 0 unspecified atom stereocenters. The molecular weight excluding hydrogens is 358 g/mol. The van der Waals surface area contributed by atoms with E-state index in [4.69, 9.17) is 9.47 Å². The molecule has 0 fully saturated rings. The SMILES string of the molecule is CC(=O)Oc1ccc(-c2ccc(C(=O)OCC(=O)N[C@@H](C)C(C)C)cc2)cc1. The number of rotatable bonds is 7. The average Bonchev–Trinajstić information content (AvgIpc) is 2.66. The molecule has 1 amide bonds. The molecule has 0 aliphatic carbocycles. The minimum Gasteiger partial charge on any atom is -0.452 e. The average molecular weight is 383 g/mol. The number of nitrogens with one attached hydrogen (secondary N) is 1. The van der Waals surface area contributed by atoms with Gasteiger partial charge >= 0.3 is 11.9 Å². The zero-order valence-corrected chi connectivity index (χ0v) is 16.5. The van der Waals surface area contributed by atoms with Crippen molar-refractivity contribution in [1.82, 2.24) is 5.32 Å². The van der Waals surface area contributed by atoms with Crippen molar-refractivity contribution in [2.45, 2.75) is 33.7 Å². The van der Waals surface area contributed by atoms with Gasteiger partial charge in [-0.05, 0) is 48.2 Å². The Bertz CT molecular complexity index is 825. The summed E-state index contributed by atoms with van der Waals surface area (Å²) in [7, 11) is 0. The van der Waals surface area contributed by atoms with Crippen LogP contribution >= 0.6 is 0 Å². The maximum absolute atomic E-state index is 12.1. The maximum atomic E-state index is 12.1. The summed E-state index contributed by atoms with van der Waals surface area (Å²) in [5, 5.41) is 2.79. The van der Waals surface area contributed by atoms with Crippen LogP contribution in [-0.2, 0) is 14.3 Å². The second kappa shape index (κ2) is 9.69. The highest BCUT2D eigenvalue weighted by atomic mass is 16.5. The van der Waals surface area contributed by atoms with Crippen LogP contribution in [0.15, 0.2) is 48.5 Å². The van der Waals surface area contributed by atoms with Crippen LogP contribution in [0.3, 0.4) is 0 Å². The Morgan fingerprint density at radius 2 is 1.43 bits per heavy atom. The normalized spacial score (nSPS) is 11.6. The van der Waals surface area contributed by atoms with E-state index in [9.17, 15) is 14.4 Å². The highest BCUT2D eigenvalue weighted by Gasteiger charge is 2.14. The third-order valence-electron chi connectivity index (χ3n) is 4.29. The molecule has 0 aliphatic heterocycles. The molecule has 0 aromatic heterocycles. The van der Waals surface area contributed by atoms with Crippen molar-refractivity contribution in [3.8, 4) is 16.9 Å². The topological polar surface area (TPSA) is 81.7 Å². The van der Waals surface area contributed by atoms with Crippen LogP contribution in [0.2, 0.25) is 0 Å². The van der Waals surface area contributed by atoms with E-state index in [-0.39, 0.29) is 24.5 Å². The molecule has 28 heavy (non-hydrogen) atoms. The first kappa shape index (κ1) is 21.2. The van der Waals surface area contributed by atoms with Gasteiger partial charge in [-0.25, -0.2) is 4.79 Å². The van der Waals surface area contributed by atoms with Gasteiger partial charge in [-0.3, -0.25) is 9.59 Å². The van der Waals surface area contributed by atoms with E-state index in [1.165, 1.54) is 6.92 Å². The third kappa shape index (κ3) is 6.23. The molecule has 1 atom stereocenters. The number of esters is 2. The number of ether oxygens (including phenoxy) is 2. The lowest BCUT2D eigenvalue weighted by Crippen LogP contribution is -2.38. The molecule has 1 N–H and O–H groups in total. The first-order valence-corrected chi connectivity index (χ1v) is 9.11. The summed E-state index contributed by atoms with van der Waals surface area (Å²) in [5.74, 6) is -0.470. The highest BCUT2D eigenvalue weighted by molar-refractivity contribution is 5.92. The predicted molar refractivity (Wildman–Crippen MR) is 106 cm³/mol. The van der Waals surface area contributed by atoms with E-state index < -0.39 is 5.97 Å². The summed E-state index contributed by atoms with van der Waals surface area (Å²) < 4.78 is 10.1. The van der Waals surface area contributed by atoms with Crippen molar-refractivity contribution >= 4 is 17.8 Å². The van der Waals surface area contributed by atoms with Crippen molar-refractivity contribution in [3.05, 3.63) is 54.1 Å². The lowest BCUT2D eigenvalue weighted by atomic mass is 10.0. The summed E-state index contributed by atoms with van der Waals surface area (Å²) in [6.07, 6.45) is 0. The monoisotopic (exact) mass is 383 g/mol. The molecule has 148 valence electrons. The van der Waals surface area contributed by atoms with Gasteiger partial charge in [-0.15, -0.1) is 0 Å². The van der Waals surface area contributed by atoms with Gasteiger partial charge in [-0.1, -0.05) is 38.1 Å². The maximum Gasteiger partial charge on any atom is 0.338 e. The van der Waals surface area contributed by atoms with Gasteiger partial charge in [0.25, 0.3) is 5.91 Å². The summed E-state index contributed by atoms with van der Waals surface area (Å²) in [4.78, 5) is 34.9. The molecule has 0 spiro atoms. The first-order valence-electron chi connectivity index (χ1n) is 9.11. The zero-order valence-electron chi connectivity index (χ0n) is 16.5. The van der Waals surface area contributed by atoms with E-state index in [0.717, 1.165) is 11.1 Å². The number of carbonyl (C=O) groups excluding carboxylic acids is 3. The summed E-state index contributed by atoms with van der Waals surface area (Å²) >= 11 is 0. The predicted octanol–water partition coefficient (Wildman–Crippen LogP) is 3.60. The summed E-state index contributed by atoms with van der Waals surface area (Å²) in [6.45, 7) is 6.95. The second-order valence-corrected chi connectivity index (χ2v) is 6.87. The number of hydrogen-bond acceptors (Lipinski definition) is 5. The van der Waals surface area contributed by atoms with Crippen LogP contribution in [0.4, 0.5) is 0 Å². The third-order valence-corrected chi connectivity index (χ3v) is 4.29. The number of carbonyl (C=O) groups is 3. The Balaban J connectivity index is 1.93. The fraction of sp³-hybridized carbons (Fsp3) is 0.318. The molecule has 2 aromatic carbocycles. The van der Waals surface area contributed by atoms with Crippen LogP contribution < -0.4 is 10.1 Å². The quantitative estimate of drug-likeness (QED) is 0.584. The van der Waals surface area contributed by atoms with E-state index >= 15 is 0 Å². The van der Waals surface area contributed by atoms with Gasteiger partial charge in [0.05, 0.1) is 5.56 Å². The molecule has 0 aliphatic rings. The van der Waals surface area contributed by atoms with Crippen molar-refractivity contribution in [2.24, 2.45) is 5.92 Å². The number of amides is 1. The molecule has 2 aromatic rings. The van der Waals surface area contributed by atoms with Gasteiger partial charge in [-0.2, -0.15) is 0 Å². The van der Waals surface area contributed by atoms with Crippen LogP contribution in [-0.4, -0.2) is 30.5 Å². The van der Waals surface area contributed by atoms with E-state index in [2.05, 4.69) is 5.32 Å². The molecule has 0 heterocycles. The Labute approximate surface area is 164 Å². The molecular formula is C22H25NO5. The van der Waals surface area contributed by atoms with Crippen LogP contribution in [0.1, 0.15) is 38.1 Å². The summed E-state index contributed by atoms with van der Waals surface area (Å²) in [5.41, 5.74) is 2.18. The smallest absolute Gasteiger partial charge is 0.338 e. The van der Waals surface area contributed by atoms with Gasteiger partial charge in [0.1, 0.15) is 5.75 Å². The summed E-state index contributed by atoms with van der Waals surface area (Å²) in [6, 6.07) is 13.9. The van der Waals surface area contributed by atoms with Gasteiger partial charge in [0, 0.05) is 13.0 Å². The van der Waals surface area contributed by atoms with Crippen molar-refractivity contribution in [2.75, 3.05) is 6.61 Å². The Hall–Kier alpha value is -3.15. The van der Waals surface area contributed by atoms with Crippen LogP contribution in [0, 0.1) is 5.92 Å². The van der Waals surface area contributed by atoms with Gasteiger partial charge in [0.2, 0.25) is 0 Å². The zero-order chi connectivity index (χ0) is 20.7. The lowest BCUT2D eigenvalue weighted by molar-refractivity contribution is -0.132. The molecule has 2 rings (SSSR count). The molecule has 0 bridgehead atoms. The van der Waals surface area contributed by atoms with Crippen LogP contribution in [0.5, 0.6) is 5.75 Å². The van der Waals surface area contributed by atoms with Crippen LogP contribution in [0.25, 0.3) is 11.1 Å². The number of hydrogen-bond donors (Lipinski definition) is 1. The lowest BCUT2D eigenvalue weighted by Gasteiger charge is -2.17. The molecule has 0 saturated carbocycles. The fourth-order valence-corrected chi connectivity index (χ4v) is 2.36. The first-order chi connectivity index (χ1) is 13.3. The minimum absolute atomic E-state index is 0.0118. The van der Waals surface area contributed by atoms with Crippen molar-refractivity contribution in [1.29, 1.82) is 0 Å². The van der Waals surface area contributed by atoms with Gasteiger partial charge < -0.3 is 14.8 Å². The number of benzene rings is 2. The van der Waals surface area contributed by atoms with E-state index in [1.54, 1.807) is 36.4 Å². The molecule has 6 heteroatoms. The molecule has 0 radical (unpaired) electrons. The van der Waals surface area contributed by atoms with E-state index in [1.807, 2.05) is 32.9 Å². The van der Waals surface area contributed by atoms with Gasteiger partial charge in [0.15, 0.2) is 6.61 Å². The fourth-order valence-electron chi connectivity index (χ4n) is 2.36. The second-order valence-electron chi connectivity index (χ2n) is 6.87. The Morgan fingerprint density at radius 3 is 1.93 bits per heavy atom. The van der Waals surface area contributed by atoms with Crippen molar-refractivity contribution in [3.63, 3.8) is 0 Å². The highest BCUT2D eigenvalue weighted by Crippen LogP contribution is 2.23. The Kier molecular flexibility index (Phi) is 7.32. The largest absolute Gasteiger partial charge is 0.452 e. The van der Waals surface area contributed by atoms with E-state index in [0.29, 0.717) is 17.2 Å².